The summed E-state index contributed by atoms with van der Waals surface area (Å²) in [6.07, 6.45) is 3.57. The van der Waals surface area contributed by atoms with E-state index in [0.717, 1.165) is 35.8 Å². The summed E-state index contributed by atoms with van der Waals surface area (Å²) in [6, 6.07) is -0.330. The van der Waals surface area contributed by atoms with Crippen LogP contribution in [0.1, 0.15) is 42.6 Å². The first-order valence-corrected chi connectivity index (χ1v) is 8.58. The van der Waals surface area contributed by atoms with Gasteiger partial charge in [0, 0.05) is 30.7 Å². The molecule has 1 saturated heterocycles. The highest BCUT2D eigenvalue weighted by molar-refractivity contribution is 7.11. The lowest BCUT2D eigenvalue weighted by atomic mass is 10.3. The molecule has 0 saturated carbocycles. The number of amides is 3. The number of rotatable bonds is 4. The Morgan fingerprint density at radius 3 is 2.91 bits per heavy atom. The minimum atomic E-state index is -0.188. The molecule has 1 aromatic heterocycles. The van der Waals surface area contributed by atoms with Crippen molar-refractivity contribution in [2.24, 2.45) is 0 Å². The van der Waals surface area contributed by atoms with Crippen molar-refractivity contribution in [1.82, 2.24) is 20.1 Å². The molecule has 0 radical (unpaired) electrons. The number of carbonyl (C=O) groups is 2. The van der Waals surface area contributed by atoms with Gasteiger partial charge in [0.2, 0.25) is 5.91 Å². The number of hydrogen-bond donors (Lipinski definition) is 1. The van der Waals surface area contributed by atoms with Gasteiger partial charge in [-0.1, -0.05) is 6.92 Å². The Morgan fingerprint density at radius 1 is 1.50 bits per heavy atom. The third-order valence-corrected chi connectivity index (χ3v) is 4.76. The van der Waals surface area contributed by atoms with Crippen LogP contribution in [0.5, 0.6) is 0 Å². The number of thiazole rings is 1. The van der Waals surface area contributed by atoms with Crippen LogP contribution in [0.4, 0.5) is 4.79 Å². The number of aromatic nitrogens is 1. The van der Waals surface area contributed by atoms with E-state index < -0.39 is 0 Å². The van der Waals surface area contributed by atoms with Crippen molar-refractivity contribution in [3.8, 4) is 0 Å². The lowest BCUT2D eigenvalue weighted by Crippen LogP contribution is -2.45. The minimum Gasteiger partial charge on any atom is -0.341 e. The van der Waals surface area contributed by atoms with E-state index in [1.807, 2.05) is 18.7 Å². The number of urea groups is 1. The normalized spacial score (nSPS) is 17.3. The molecule has 1 aliphatic heterocycles. The van der Waals surface area contributed by atoms with Gasteiger partial charge in [0.1, 0.15) is 11.6 Å². The highest BCUT2D eigenvalue weighted by Crippen LogP contribution is 2.19. The second kappa shape index (κ2) is 7.58. The van der Waals surface area contributed by atoms with Gasteiger partial charge in [-0.15, -0.1) is 11.3 Å². The predicted molar refractivity (Wildman–Crippen MR) is 86.9 cm³/mol. The lowest BCUT2D eigenvalue weighted by molar-refractivity contribution is -0.130. The first-order chi connectivity index (χ1) is 10.5. The Hall–Kier alpha value is -1.63. The van der Waals surface area contributed by atoms with E-state index in [1.165, 1.54) is 0 Å². The van der Waals surface area contributed by atoms with Crippen molar-refractivity contribution in [1.29, 1.82) is 0 Å². The SMILES string of the molecule is CCCN1CCCN(C(=O)N[C@@H](C)c2ncc(C)s2)CC1=O. The zero-order valence-electron chi connectivity index (χ0n) is 13.5. The second-order valence-corrected chi connectivity index (χ2v) is 6.90. The van der Waals surface area contributed by atoms with Crippen LogP contribution >= 0.6 is 11.3 Å². The average molecular weight is 324 g/mol. The molecule has 22 heavy (non-hydrogen) atoms. The predicted octanol–water partition coefficient (Wildman–Crippen LogP) is 2.17. The van der Waals surface area contributed by atoms with Crippen LogP contribution in [0.2, 0.25) is 0 Å². The van der Waals surface area contributed by atoms with Gasteiger partial charge in [0.15, 0.2) is 0 Å². The summed E-state index contributed by atoms with van der Waals surface area (Å²) in [6.45, 7) is 8.24. The summed E-state index contributed by atoms with van der Waals surface area (Å²) in [5.74, 6) is 0.0345. The Labute approximate surface area is 135 Å². The van der Waals surface area contributed by atoms with Crippen LogP contribution in [0.25, 0.3) is 0 Å². The molecule has 0 unspecified atom stereocenters. The molecule has 1 N–H and O–H groups in total. The zero-order valence-corrected chi connectivity index (χ0v) is 14.3. The van der Waals surface area contributed by atoms with Crippen molar-refractivity contribution in [3.63, 3.8) is 0 Å². The van der Waals surface area contributed by atoms with Crippen LogP contribution in [-0.2, 0) is 4.79 Å². The third-order valence-electron chi connectivity index (χ3n) is 3.67. The monoisotopic (exact) mass is 324 g/mol. The van der Waals surface area contributed by atoms with Crippen LogP contribution in [0.15, 0.2) is 6.20 Å². The Kier molecular flexibility index (Phi) is 5.76. The molecule has 0 aromatic carbocycles. The van der Waals surface area contributed by atoms with Gasteiger partial charge < -0.3 is 15.1 Å². The Morgan fingerprint density at radius 2 is 2.27 bits per heavy atom. The summed E-state index contributed by atoms with van der Waals surface area (Å²) >= 11 is 1.58. The van der Waals surface area contributed by atoms with E-state index in [-0.39, 0.29) is 24.5 Å². The van der Waals surface area contributed by atoms with Gasteiger partial charge in [0.25, 0.3) is 0 Å². The van der Waals surface area contributed by atoms with Gasteiger partial charge in [-0.2, -0.15) is 0 Å². The van der Waals surface area contributed by atoms with Gasteiger partial charge >= 0.3 is 6.03 Å². The maximum Gasteiger partial charge on any atom is 0.318 e. The molecule has 2 rings (SSSR count). The van der Waals surface area contributed by atoms with Crippen molar-refractivity contribution in [2.45, 2.75) is 39.7 Å². The molecule has 3 amide bonds. The maximum atomic E-state index is 12.4. The molecule has 2 heterocycles. The fourth-order valence-electron chi connectivity index (χ4n) is 2.51. The molecule has 0 bridgehead atoms. The van der Waals surface area contributed by atoms with Crippen molar-refractivity contribution < 1.29 is 9.59 Å². The molecule has 0 spiro atoms. The number of nitrogens with one attached hydrogen (secondary N) is 1. The van der Waals surface area contributed by atoms with Gasteiger partial charge in [-0.25, -0.2) is 9.78 Å². The van der Waals surface area contributed by atoms with E-state index in [0.29, 0.717) is 6.54 Å². The Bertz CT molecular complexity index is 531. The largest absolute Gasteiger partial charge is 0.341 e. The fraction of sp³-hybridized carbons (Fsp3) is 0.667. The molecule has 1 fully saturated rings. The van der Waals surface area contributed by atoms with E-state index in [2.05, 4.69) is 17.2 Å². The standard InChI is InChI=1S/C15H24N4O2S/c1-4-6-18-7-5-8-19(10-13(18)20)15(21)17-12(3)14-16-9-11(2)22-14/h9,12H,4-8,10H2,1-3H3,(H,17,21)/t12-/m0/s1. The van der Waals surface area contributed by atoms with E-state index in [1.54, 1.807) is 22.4 Å². The van der Waals surface area contributed by atoms with E-state index in [9.17, 15) is 9.59 Å². The quantitative estimate of drug-likeness (QED) is 0.923. The van der Waals surface area contributed by atoms with E-state index in [4.69, 9.17) is 0 Å². The summed E-state index contributed by atoms with van der Waals surface area (Å²) in [7, 11) is 0. The zero-order chi connectivity index (χ0) is 16.1. The molecule has 6 nitrogen and oxygen atoms in total. The molecular weight excluding hydrogens is 300 g/mol. The van der Waals surface area contributed by atoms with Gasteiger partial charge in [-0.3, -0.25) is 4.79 Å². The summed E-state index contributed by atoms with van der Waals surface area (Å²) < 4.78 is 0. The maximum absolute atomic E-state index is 12.4. The van der Waals surface area contributed by atoms with Gasteiger partial charge in [-0.05, 0) is 26.7 Å². The molecule has 122 valence electrons. The number of aryl methyl sites for hydroxylation is 1. The molecule has 1 aromatic rings. The van der Waals surface area contributed by atoms with Crippen LogP contribution in [0, 0.1) is 6.92 Å². The highest BCUT2D eigenvalue weighted by atomic mass is 32.1. The molecule has 1 aliphatic rings. The number of nitrogens with zero attached hydrogens (tertiary/aromatic N) is 3. The van der Waals surface area contributed by atoms with Crippen LogP contribution in [-0.4, -0.2) is 52.9 Å². The van der Waals surface area contributed by atoms with Crippen LogP contribution in [0.3, 0.4) is 0 Å². The van der Waals surface area contributed by atoms with Crippen molar-refractivity contribution >= 4 is 23.3 Å². The van der Waals surface area contributed by atoms with E-state index >= 15 is 0 Å². The van der Waals surface area contributed by atoms with Crippen molar-refractivity contribution in [3.05, 3.63) is 16.1 Å². The molecule has 7 heteroatoms. The number of carbonyl (C=O) groups excluding carboxylic acids is 2. The Balaban J connectivity index is 1.93. The number of hydrogen-bond acceptors (Lipinski definition) is 4. The van der Waals surface area contributed by atoms with Gasteiger partial charge in [0.05, 0.1) is 6.04 Å². The highest BCUT2D eigenvalue weighted by Gasteiger charge is 2.25. The fourth-order valence-corrected chi connectivity index (χ4v) is 3.29. The smallest absolute Gasteiger partial charge is 0.318 e. The summed E-state index contributed by atoms with van der Waals surface area (Å²) in [5, 5.41) is 3.83. The summed E-state index contributed by atoms with van der Waals surface area (Å²) in [4.78, 5) is 33.4. The van der Waals surface area contributed by atoms with Crippen LogP contribution < -0.4 is 5.32 Å². The average Bonchev–Trinajstić information content (AvgIpc) is 2.82. The summed E-state index contributed by atoms with van der Waals surface area (Å²) in [5.41, 5.74) is 0. The molecule has 1 atom stereocenters. The minimum absolute atomic E-state index is 0.0345. The topological polar surface area (TPSA) is 65.5 Å². The molecular formula is C15H24N4O2S. The lowest BCUT2D eigenvalue weighted by Gasteiger charge is -2.23. The van der Waals surface area contributed by atoms with Crippen molar-refractivity contribution in [2.75, 3.05) is 26.2 Å². The second-order valence-electron chi connectivity index (χ2n) is 5.64. The third kappa shape index (κ3) is 4.19. The first-order valence-electron chi connectivity index (χ1n) is 7.76. The first kappa shape index (κ1) is 16.7. The molecule has 0 aliphatic carbocycles.